The third-order valence-corrected chi connectivity index (χ3v) is 7.15. The molecule has 2 aromatic carbocycles. The molecule has 5 nitrogen and oxygen atoms in total. The van der Waals surface area contributed by atoms with E-state index in [1.54, 1.807) is 18.2 Å². The lowest BCUT2D eigenvalue weighted by atomic mass is 9.99. The molecule has 1 N–H and O–H groups in total. The molecule has 0 fully saturated rings. The summed E-state index contributed by atoms with van der Waals surface area (Å²) in [5.74, 6) is 0.0817. The van der Waals surface area contributed by atoms with Crippen molar-refractivity contribution in [3.05, 3.63) is 59.1 Å². The molecule has 0 spiro atoms. The van der Waals surface area contributed by atoms with Gasteiger partial charge < -0.3 is 5.32 Å². The lowest BCUT2D eigenvalue weighted by Crippen LogP contribution is -2.42. The molecule has 2 rings (SSSR count). The fourth-order valence-corrected chi connectivity index (χ4v) is 4.76. The number of unbranched alkanes of at least 4 members (excludes halogenated alkanes) is 1. The van der Waals surface area contributed by atoms with Crippen LogP contribution in [0.15, 0.2) is 53.4 Å². The Kier molecular flexibility index (Phi) is 9.18. The highest BCUT2D eigenvalue weighted by atomic mass is 35.5. The molecule has 0 aliphatic carbocycles. The molecule has 0 radical (unpaired) electrons. The van der Waals surface area contributed by atoms with Crippen molar-refractivity contribution in [2.45, 2.75) is 51.3 Å². The molecule has 0 saturated heterocycles. The van der Waals surface area contributed by atoms with Crippen molar-refractivity contribution in [1.29, 1.82) is 0 Å². The van der Waals surface area contributed by atoms with E-state index in [9.17, 15) is 13.2 Å². The normalized spacial score (nSPS) is 12.4. The van der Waals surface area contributed by atoms with Gasteiger partial charge in [0.05, 0.1) is 10.6 Å². The van der Waals surface area contributed by atoms with Crippen molar-refractivity contribution >= 4 is 33.2 Å². The molecule has 0 heterocycles. The number of nitrogens with zero attached hydrogens (tertiary/aromatic N) is 1. The van der Waals surface area contributed by atoms with Crippen LogP contribution in [-0.4, -0.2) is 27.4 Å². The van der Waals surface area contributed by atoms with Gasteiger partial charge in [0.25, 0.3) is 10.0 Å². The topological polar surface area (TPSA) is 66.5 Å². The molecular formula is C23H31ClN2O3S. The highest BCUT2D eigenvalue weighted by molar-refractivity contribution is 7.92. The number of nitrogens with one attached hydrogen (secondary N) is 1. The highest BCUT2D eigenvalue weighted by Crippen LogP contribution is 2.25. The van der Waals surface area contributed by atoms with E-state index in [1.165, 1.54) is 24.3 Å². The third-order valence-electron chi connectivity index (χ3n) is 5.11. The number of benzene rings is 2. The molecule has 1 amide bonds. The molecule has 7 heteroatoms. The Hall–Kier alpha value is -2.05. The SMILES string of the molecule is CCCCC(CC)CNC(=O)CN(c1cccc(C)c1)S(=O)(=O)c1ccc(Cl)cc1. The molecule has 1 unspecified atom stereocenters. The smallest absolute Gasteiger partial charge is 0.264 e. The van der Waals surface area contributed by atoms with Crippen LogP contribution in [0.2, 0.25) is 5.02 Å². The van der Waals surface area contributed by atoms with Crippen molar-refractivity contribution in [2.75, 3.05) is 17.4 Å². The van der Waals surface area contributed by atoms with Crippen molar-refractivity contribution in [2.24, 2.45) is 5.92 Å². The maximum absolute atomic E-state index is 13.3. The molecule has 0 saturated carbocycles. The zero-order valence-corrected chi connectivity index (χ0v) is 19.5. The van der Waals surface area contributed by atoms with Crippen LogP contribution in [0.5, 0.6) is 0 Å². The summed E-state index contributed by atoms with van der Waals surface area (Å²) in [7, 11) is -3.93. The van der Waals surface area contributed by atoms with Crippen LogP contribution < -0.4 is 9.62 Å². The van der Waals surface area contributed by atoms with Gasteiger partial charge in [-0.05, 0) is 61.2 Å². The van der Waals surface area contributed by atoms with Gasteiger partial charge in [-0.25, -0.2) is 8.42 Å². The predicted octanol–water partition coefficient (Wildman–Crippen LogP) is 5.18. The Labute approximate surface area is 185 Å². The number of carbonyl (C=O) groups excluding carboxylic acids is 1. The second-order valence-corrected chi connectivity index (χ2v) is 9.82. The minimum atomic E-state index is -3.93. The first-order valence-electron chi connectivity index (χ1n) is 10.4. The average Bonchev–Trinajstić information content (AvgIpc) is 2.72. The predicted molar refractivity (Wildman–Crippen MR) is 123 cm³/mol. The summed E-state index contributed by atoms with van der Waals surface area (Å²) in [4.78, 5) is 12.8. The van der Waals surface area contributed by atoms with E-state index in [-0.39, 0.29) is 17.3 Å². The quantitative estimate of drug-likeness (QED) is 0.513. The van der Waals surface area contributed by atoms with Gasteiger partial charge in [-0.2, -0.15) is 0 Å². The number of aryl methyl sites for hydroxylation is 1. The minimum absolute atomic E-state index is 0.0931. The van der Waals surface area contributed by atoms with Crippen molar-refractivity contribution in [3.8, 4) is 0 Å². The number of amides is 1. The zero-order valence-electron chi connectivity index (χ0n) is 17.9. The fraction of sp³-hybridized carbons (Fsp3) is 0.435. The van der Waals surface area contributed by atoms with Crippen LogP contribution in [-0.2, 0) is 14.8 Å². The van der Waals surface area contributed by atoms with Crippen LogP contribution in [0.4, 0.5) is 5.69 Å². The summed E-state index contributed by atoms with van der Waals surface area (Å²) < 4.78 is 27.8. The summed E-state index contributed by atoms with van der Waals surface area (Å²) in [6, 6.07) is 13.1. The van der Waals surface area contributed by atoms with E-state index < -0.39 is 10.0 Å². The van der Waals surface area contributed by atoms with E-state index >= 15 is 0 Å². The standard InChI is InChI=1S/C23H31ClN2O3S/c1-4-6-9-19(5-2)16-25-23(27)17-26(21-10-7-8-18(3)15-21)30(28,29)22-13-11-20(24)12-14-22/h7-8,10-15,19H,4-6,9,16-17H2,1-3H3,(H,25,27). The van der Waals surface area contributed by atoms with E-state index in [4.69, 9.17) is 11.6 Å². The number of halogens is 1. The number of anilines is 1. The van der Waals surface area contributed by atoms with Crippen LogP contribution >= 0.6 is 11.6 Å². The Morgan fingerprint density at radius 1 is 1.13 bits per heavy atom. The average molecular weight is 451 g/mol. The number of hydrogen-bond acceptors (Lipinski definition) is 3. The van der Waals surface area contributed by atoms with Gasteiger partial charge in [0, 0.05) is 11.6 Å². The maximum atomic E-state index is 13.3. The molecule has 0 aromatic heterocycles. The van der Waals surface area contributed by atoms with E-state index in [1.807, 2.05) is 13.0 Å². The van der Waals surface area contributed by atoms with Gasteiger partial charge in [-0.1, -0.05) is 56.8 Å². The Morgan fingerprint density at radius 3 is 2.43 bits per heavy atom. The maximum Gasteiger partial charge on any atom is 0.264 e. The van der Waals surface area contributed by atoms with Crippen LogP contribution in [0.1, 0.15) is 45.1 Å². The second kappa shape index (κ2) is 11.4. The molecule has 30 heavy (non-hydrogen) atoms. The zero-order chi connectivity index (χ0) is 22.1. The largest absolute Gasteiger partial charge is 0.354 e. The molecule has 0 aliphatic rings. The number of sulfonamides is 1. The molecular weight excluding hydrogens is 420 g/mol. The van der Waals surface area contributed by atoms with Crippen LogP contribution in [0, 0.1) is 12.8 Å². The summed E-state index contributed by atoms with van der Waals surface area (Å²) in [6.07, 6.45) is 4.27. The fourth-order valence-electron chi connectivity index (χ4n) is 3.22. The van der Waals surface area contributed by atoms with Crippen LogP contribution in [0.25, 0.3) is 0 Å². The van der Waals surface area contributed by atoms with Gasteiger partial charge in [-0.15, -0.1) is 0 Å². The summed E-state index contributed by atoms with van der Waals surface area (Å²) in [5.41, 5.74) is 1.37. The van der Waals surface area contributed by atoms with Gasteiger partial charge in [0.15, 0.2) is 0 Å². The lowest BCUT2D eigenvalue weighted by molar-refractivity contribution is -0.119. The molecule has 1 atom stereocenters. The van der Waals surface area contributed by atoms with Gasteiger partial charge in [0.1, 0.15) is 6.54 Å². The van der Waals surface area contributed by atoms with Crippen molar-refractivity contribution in [1.82, 2.24) is 5.32 Å². The number of carbonyl (C=O) groups is 1. The summed E-state index contributed by atoms with van der Waals surface area (Å²) in [6.45, 7) is 6.41. The third kappa shape index (κ3) is 6.74. The van der Waals surface area contributed by atoms with Gasteiger partial charge in [-0.3, -0.25) is 9.10 Å². The van der Waals surface area contributed by atoms with Crippen molar-refractivity contribution < 1.29 is 13.2 Å². The molecule has 0 aliphatic heterocycles. The Morgan fingerprint density at radius 2 is 1.83 bits per heavy atom. The number of rotatable bonds is 11. The first-order chi connectivity index (χ1) is 14.3. The Bertz CT molecular complexity index is 930. The number of hydrogen-bond donors (Lipinski definition) is 1. The van der Waals surface area contributed by atoms with E-state index in [0.29, 0.717) is 23.2 Å². The molecule has 164 valence electrons. The van der Waals surface area contributed by atoms with Crippen LogP contribution in [0.3, 0.4) is 0 Å². The summed E-state index contributed by atoms with van der Waals surface area (Å²) >= 11 is 5.91. The second-order valence-electron chi connectivity index (χ2n) is 7.53. The van der Waals surface area contributed by atoms with E-state index in [0.717, 1.165) is 35.6 Å². The highest BCUT2D eigenvalue weighted by Gasteiger charge is 2.27. The monoisotopic (exact) mass is 450 g/mol. The lowest BCUT2D eigenvalue weighted by Gasteiger charge is -2.25. The summed E-state index contributed by atoms with van der Waals surface area (Å²) in [5, 5.41) is 3.37. The van der Waals surface area contributed by atoms with Gasteiger partial charge in [0.2, 0.25) is 5.91 Å². The Balaban J connectivity index is 2.24. The van der Waals surface area contributed by atoms with E-state index in [2.05, 4.69) is 19.2 Å². The van der Waals surface area contributed by atoms with Crippen molar-refractivity contribution in [3.63, 3.8) is 0 Å². The molecule has 0 bridgehead atoms. The first-order valence-corrected chi connectivity index (χ1v) is 12.2. The molecule has 2 aromatic rings. The minimum Gasteiger partial charge on any atom is -0.354 e. The van der Waals surface area contributed by atoms with Gasteiger partial charge >= 0.3 is 0 Å². The first kappa shape index (κ1) is 24.2.